The Morgan fingerprint density at radius 2 is 2.04 bits per heavy atom. The summed E-state index contributed by atoms with van der Waals surface area (Å²) in [7, 11) is 0. The van der Waals surface area contributed by atoms with Gasteiger partial charge in [0.25, 0.3) is 0 Å². The van der Waals surface area contributed by atoms with E-state index in [0.29, 0.717) is 34.1 Å². The van der Waals surface area contributed by atoms with Crippen molar-refractivity contribution in [3.05, 3.63) is 29.6 Å². The maximum absolute atomic E-state index is 7.79. The molecule has 0 aliphatic heterocycles. The van der Waals surface area contributed by atoms with Crippen LogP contribution in [0.5, 0.6) is 5.75 Å². The van der Waals surface area contributed by atoms with Crippen LogP contribution < -0.4 is 21.5 Å². The van der Waals surface area contributed by atoms with E-state index >= 15 is 0 Å². The fourth-order valence-electron chi connectivity index (χ4n) is 2.02. The molecule has 0 radical (unpaired) electrons. The van der Waals surface area contributed by atoms with Crippen molar-refractivity contribution in [2.75, 3.05) is 16.8 Å². The minimum Gasteiger partial charge on any atom is -0.489 e. The summed E-state index contributed by atoms with van der Waals surface area (Å²) in [5.41, 5.74) is 13.6. The van der Waals surface area contributed by atoms with Crippen molar-refractivity contribution in [1.29, 1.82) is 10.8 Å². The smallest absolute Gasteiger partial charge is 0.146 e. The monoisotopic (exact) mass is 391 g/mol. The number of nitrogens with zero attached hydrogens (tertiary/aromatic N) is 2. The lowest BCUT2D eigenvalue weighted by atomic mass is 10.1. The average Bonchev–Trinajstić information content (AvgIpc) is 2.48. The van der Waals surface area contributed by atoms with Crippen LogP contribution in [-0.4, -0.2) is 26.9 Å². The lowest BCUT2D eigenvalue weighted by Gasteiger charge is -2.18. The Morgan fingerprint density at radius 1 is 1.33 bits per heavy atom. The zero-order valence-corrected chi connectivity index (χ0v) is 14.8. The number of nitrogens with two attached hydrogens (primary N) is 2. The topological polar surface area (TPSA) is 147 Å². The van der Waals surface area contributed by atoms with Gasteiger partial charge in [-0.15, -0.1) is 0 Å². The molecule has 1 heterocycles. The normalized spacial score (nSPS) is 10.5. The summed E-state index contributed by atoms with van der Waals surface area (Å²) in [4.78, 5) is 8.03. The molecule has 0 aliphatic rings. The predicted molar refractivity (Wildman–Crippen MR) is 100.0 cm³/mol. The first kappa shape index (κ1) is 17.7. The lowest BCUT2D eigenvalue weighted by molar-refractivity contribution is 0.244. The molecule has 1 aromatic heterocycles. The summed E-state index contributed by atoms with van der Waals surface area (Å²) in [5, 5.41) is 18.3. The predicted octanol–water partition coefficient (Wildman–Crippen LogP) is 2.89. The zero-order chi connectivity index (χ0) is 17.9. The van der Waals surface area contributed by atoms with Crippen LogP contribution in [0.4, 0.5) is 23.0 Å². The van der Waals surface area contributed by atoms with Crippen molar-refractivity contribution in [1.82, 2.24) is 9.97 Å². The van der Waals surface area contributed by atoms with Crippen molar-refractivity contribution < 1.29 is 4.74 Å². The van der Waals surface area contributed by atoms with Crippen LogP contribution >= 0.6 is 15.9 Å². The van der Waals surface area contributed by atoms with Gasteiger partial charge >= 0.3 is 0 Å². The van der Waals surface area contributed by atoms with E-state index in [0.717, 1.165) is 6.21 Å². The Balaban J connectivity index is 2.54. The Bertz CT molecular complexity index is 792. The molecule has 1 aromatic carbocycles. The number of hydrogen-bond donors (Lipinski definition) is 5. The summed E-state index contributed by atoms with van der Waals surface area (Å²) >= 11 is 3.09. The molecule has 0 unspecified atom stereocenters. The molecule has 0 saturated carbocycles. The van der Waals surface area contributed by atoms with Crippen molar-refractivity contribution in [2.45, 2.75) is 20.0 Å². The fraction of sp³-hybridized carbons (Fsp3) is 0.200. The largest absolute Gasteiger partial charge is 0.489 e. The summed E-state index contributed by atoms with van der Waals surface area (Å²) in [6.45, 7) is 3.79. The van der Waals surface area contributed by atoms with Crippen LogP contribution in [0.3, 0.4) is 0 Å². The summed E-state index contributed by atoms with van der Waals surface area (Å²) < 4.78 is 5.82. The molecule has 0 atom stereocenters. The number of ether oxygens (including phenoxy) is 1. The fourth-order valence-corrected chi connectivity index (χ4v) is 2.42. The van der Waals surface area contributed by atoms with Gasteiger partial charge in [-0.1, -0.05) is 0 Å². The van der Waals surface area contributed by atoms with Crippen molar-refractivity contribution in [3.8, 4) is 5.75 Å². The highest BCUT2D eigenvalue weighted by molar-refractivity contribution is 9.18. The first-order valence-corrected chi connectivity index (χ1v) is 7.85. The second-order valence-electron chi connectivity index (χ2n) is 5.21. The van der Waals surface area contributed by atoms with Gasteiger partial charge in [-0.25, -0.2) is 9.97 Å². The number of hydrogen-bond acceptors (Lipinski definition) is 8. The second-order valence-corrected chi connectivity index (χ2v) is 6.00. The van der Waals surface area contributed by atoms with Crippen LogP contribution in [-0.2, 0) is 0 Å². The van der Waals surface area contributed by atoms with Crippen LogP contribution in [0.15, 0.2) is 18.5 Å². The number of nitrogen functional groups attached to an aromatic ring is 2. The number of nitrogens with one attached hydrogen (secondary N) is 3. The first-order chi connectivity index (χ1) is 11.3. The van der Waals surface area contributed by atoms with Gasteiger partial charge < -0.3 is 26.9 Å². The molecular formula is C15H18BrN7O. The molecule has 0 amide bonds. The van der Waals surface area contributed by atoms with Crippen LogP contribution in [0, 0.1) is 10.8 Å². The molecule has 8 nitrogen and oxygen atoms in total. The molecule has 24 heavy (non-hydrogen) atoms. The second kappa shape index (κ2) is 7.26. The molecule has 7 N–H and O–H groups in total. The van der Waals surface area contributed by atoms with Gasteiger partial charge in [-0.05, 0) is 35.8 Å². The Morgan fingerprint density at radius 3 is 2.62 bits per heavy atom. The minimum atomic E-state index is -0.0693. The third kappa shape index (κ3) is 3.80. The van der Waals surface area contributed by atoms with Crippen LogP contribution in [0.25, 0.3) is 0 Å². The Hall–Kier alpha value is -2.68. The molecule has 0 bridgehead atoms. The number of halogens is 1. The first-order valence-electron chi connectivity index (χ1n) is 7.06. The lowest BCUT2D eigenvalue weighted by Crippen LogP contribution is -2.11. The maximum atomic E-state index is 7.79. The average molecular weight is 392 g/mol. The van der Waals surface area contributed by atoms with Crippen molar-refractivity contribution >= 4 is 49.8 Å². The molecule has 0 aliphatic carbocycles. The molecule has 0 fully saturated rings. The van der Waals surface area contributed by atoms with E-state index in [1.165, 1.54) is 6.33 Å². The summed E-state index contributed by atoms with van der Waals surface area (Å²) in [6, 6.07) is 3.33. The van der Waals surface area contributed by atoms with E-state index in [1.54, 1.807) is 12.1 Å². The summed E-state index contributed by atoms with van der Waals surface area (Å²) in [5.74, 6) is 1.03. The molecule has 9 heteroatoms. The third-order valence-corrected chi connectivity index (χ3v) is 3.45. The highest BCUT2D eigenvalue weighted by atomic mass is 79.9. The zero-order valence-electron chi connectivity index (χ0n) is 13.2. The quantitative estimate of drug-likeness (QED) is 0.377. The van der Waals surface area contributed by atoms with E-state index in [9.17, 15) is 0 Å². The van der Waals surface area contributed by atoms with Gasteiger partial charge in [0.05, 0.1) is 17.4 Å². The van der Waals surface area contributed by atoms with Crippen molar-refractivity contribution in [2.24, 2.45) is 0 Å². The van der Waals surface area contributed by atoms with Crippen LogP contribution in [0.2, 0.25) is 0 Å². The molecule has 2 aromatic rings. The molecule has 0 spiro atoms. The van der Waals surface area contributed by atoms with Gasteiger partial charge in [0.1, 0.15) is 28.3 Å². The van der Waals surface area contributed by atoms with E-state index in [2.05, 4.69) is 31.2 Å². The molecule has 126 valence electrons. The van der Waals surface area contributed by atoms with E-state index < -0.39 is 0 Å². The highest BCUT2D eigenvalue weighted by Gasteiger charge is 2.16. The number of anilines is 4. The van der Waals surface area contributed by atoms with Crippen molar-refractivity contribution in [3.63, 3.8) is 0 Å². The minimum absolute atomic E-state index is 0.0529. The number of rotatable bonds is 6. The Labute approximate surface area is 147 Å². The number of benzene rings is 1. The number of aromatic nitrogens is 2. The van der Waals surface area contributed by atoms with Gasteiger partial charge in [-0.2, -0.15) is 0 Å². The molecule has 0 saturated heterocycles. The molecule has 2 rings (SSSR count). The van der Waals surface area contributed by atoms with E-state index in [-0.39, 0.29) is 16.5 Å². The van der Waals surface area contributed by atoms with Gasteiger partial charge in [-0.3, -0.25) is 5.41 Å². The van der Waals surface area contributed by atoms with Gasteiger partial charge in [0, 0.05) is 23.5 Å². The van der Waals surface area contributed by atoms with E-state index in [1.807, 2.05) is 13.8 Å². The van der Waals surface area contributed by atoms with Gasteiger partial charge in [0.2, 0.25) is 0 Å². The maximum Gasteiger partial charge on any atom is 0.146 e. The van der Waals surface area contributed by atoms with Crippen LogP contribution in [0.1, 0.15) is 25.0 Å². The molecular weight excluding hydrogens is 374 g/mol. The standard InChI is InChI=1S/C15H18BrN7O/c1-7(2)24-11-4-9(18)8(5-17)3-10(11)23-15-12(13(16)19)14(20)21-6-22-15/h3-7,17,19H,18H2,1-2H3,(H3,20,21,22,23). The van der Waals surface area contributed by atoms with Gasteiger partial charge in [0.15, 0.2) is 0 Å². The van der Waals surface area contributed by atoms with E-state index in [4.69, 9.17) is 27.0 Å². The summed E-state index contributed by atoms with van der Waals surface area (Å²) in [6.07, 6.45) is 2.39. The highest BCUT2D eigenvalue weighted by Crippen LogP contribution is 2.34. The Kier molecular flexibility index (Phi) is 5.35. The SMILES string of the molecule is CC(C)Oc1cc(N)c(C=N)cc1Nc1ncnc(N)c1C(=N)Br. The third-order valence-electron chi connectivity index (χ3n) is 3.05.